The largest absolute Gasteiger partial charge is 0.396 e. The van der Waals surface area contributed by atoms with Crippen LogP contribution in [0.25, 0.3) is 0 Å². The number of nitrogens with one attached hydrogen (secondary N) is 1. The Kier molecular flexibility index (Phi) is 5.93. The van der Waals surface area contributed by atoms with Crippen LogP contribution in [0.5, 0.6) is 0 Å². The van der Waals surface area contributed by atoms with Gasteiger partial charge in [-0.25, -0.2) is 4.39 Å². The van der Waals surface area contributed by atoms with Crippen molar-refractivity contribution in [1.82, 2.24) is 10.3 Å². The number of carbonyl (C=O) groups is 1. The standard InChI is InChI=1S/C11H15FN2O2S/c1-17-7-10(2-3-15)14-11(16)8-4-9(12)6-13-5-8/h4-6,10,15H,2-3,7H2,1H3,(H,14,16)/t10-/m1/s1. The molecule has 0 unspecified atom stereocenters. The number of amides is 1. The van der Waals surface area contributed by atoms with Gasteiger partial charge in [0.15, 0.2) is 0 Å². The van der Waals surface area contributed by atoms with Crippen LogP contribution in [-0.2, 0) is 0 Å². The van der Waals surface area contributed by atoms with Gasteiger partial charge in [-0.15, -0.1) is 0 Å². The number of nitrogens with zero attached hydrogens (tertiary/aromatic N) is 1. The van der Waals surface area contributed by atoms with E-state index >= 15 is 0 Å². The third-order valence-electron chi connectivity index (χ3n) is 2.15. The van der Waals surface area contributed by atoms with Crippen molar-refractivity contribution in [3.63, 3.8) is 0 Å². The molecule has 0 aliphatic carbocycles. The number of thioether (sulfide) groups is 1. The summed E-state index contributed by atoms with van der Waals surface area (Å²) in [6.07, 6.45) is 4.76. The molecule has 2 N–H and O–H groups in total. The van der Waals surface area contributed by atoms with E-state index in [2.05, 4.69) is 10.3 Å². The van der Waals surface area contributed by atoms with Gasteiger partial charge in [-0.1, -0.05) is 0 Å². The monoisotopic (exact) mass is 258 g/mol. The molecule has 1 atom stereocenters. The molecule has 0 radical (unpaired) electrons. The molecule has 4 nitrogen and oxygen atoms in total. The van der Waals surface area contributed by atoms with E-state index in [-0.39, 0.29) is 24.1 Å². The zero-order chi connectivity index (χ0) is 12.7. The molecule has 0 saturated heterocycles. The third kappa shape index (κ3) is 4.70. The number of aliphatic hydroxyl groups excluding tert-OH is 1. The number of hydrogen-bond acceptors (Lipinski definition) is 4. The normalized spacial score (nSPS) is 12.2. The molecule has 0 aliphatic rings. The summed E-state index contributed by atoms with van der Waals surface area (Å²) in [5, 5.41) is 11.6. The van der Waals surface area contributed by atoms with Crippen molar-refractivity contribution in [3.05, 3.63) is 29.8 Å². The smallest absolute Gasteiger partial charge is 0.253 e. The van der Waals surface area contributed by atoms with Gasteiger partial charge in [0.1, 0.15) is 5.82 Å². The first-order valence-corrected chi connectivity index (χ1v) is 6.58. The fraction of sp³-hybridized carbons (Fsp3) is 0.455. The summed E-state index contributed by atoms with van der Waals surface area (Å²) in [6.45, 7) is 0.00685. The fourth-order valence-corrected chi connectivity index (χ4v) is 2.01. The van der Waals surface area contributed by atoms with Crippen LogP contribution in [0.1, 0.15) is 16.8 Å². The minimum Gasteiger partial charge on any atom is -0.396 e. The molecular formula is C11H15FN2O2S. The van der Waals surface area contributed by atoms with Gasteiger partial charge in [0.25, 0.3) is 5.91 Å². The number of aliphatic hydroxyl groups is 1. The van der Waals surface area contributed by atoms with Crippen molar-refractivity contribution in [1.29, 1.82) is 0 Å². The number of pyridine rings is 1. The Morgan fingerprint density at radius 2 is 2.41 bits per heavy atom. The lowest BCUT2D eigenvalue weighted by molar-refractivity contribution is 0.0934. The predicted molar refractivity (Wildman–Crippen MR) is 65.5 cm³/mol. The second kappa shape index (κ2) is 7.24. The van der Waals surface area contributed by atoms with Crippen LogP contribution >= 0.6 is 11.8 Å². The Hall–Kier alpha value is -1.14. The highest BCUT2D eigenvalue weighted by Crippen LogP contribution is 2.05. The van der Waals surface area contributed by atoms with E-state index in [0.29, 0.717) is 12.2 Å². The highest BCUT2D eigenvalue weighted by atomic mass is 32.2. The van der Waals surface area contributed by atoms with Gasteiger partial charge in [-0.2, -0.15) is 11.8 Å². The molecule has 0 saturated carbocycles. The van der Waals surface area contributed by atoms with Crippen molar-refractivity contribution < 1.29 is 14.3 Å². The molecule has 1 heterocycles. The van der Waals surface area contributed by atoms with E-state index in [1.807, 2.05) is 6.26 Å². The molecule has 17 heavy (non-hydrogen) atoms. The minimum absolute atomic E-state index is 0.00685. The number of carbonyl (C=O) groups excluding carboxylic acids is 1. The quantitative estimate of drug-likeness (QED) is 0.801. The molecule has 94 valence electrons. The van der Waals surface area contributed by atoms with Crippen molar-refractivity contribution in [2.45, 2.75) is 12.5 Å². The van der Waals surface area contributed by atoms with Crippen LogP contribution < -0.4 is 5.32 Å². The summed E-state index contributed by atoms with van der Waals surface area (Å²) in [4.78, 5) is 15.4. The molecule has 0 spiro atoms. The molecule has 1 amide bonds. The summed E-state index contributed by atoms with van der Waals surface area (Å²) < 4.78 is 12.9. The number of rotatable bonds is 6. The molecule has 0 fully saturated rings. The Labute approximate surface area is 104 Å². The molecule has 1 rings (SSSR count). The molecule has 0 aromatic carbocycles. The summed E-state index contributed by atoms with van der Waals surface area (Å²) in [7, 11) is 0. The Balaban J connectivity index is 2.63. The van der Waals surface area contributed by atoms with Crippen LogP contribution in [0.3, 0.4) is 0 Å². The van der Waals surface area contributed by atoms with E-state index < -0.39 is 5.82 Å². The lowest BCUT2D eigenvalue weighted by atomic mass is 10.2. The predicted octanol–water partition coefficient (Wildman–Crippen LogP) is 1.06. The van der Waals surface area contributed by atoms with Crippen molar-refractivity contribution in [2.75, 3.05) is 18.6 Å². The lowest BCUT2D eigenvalue weighted by Gasteiger charge is -2.16. The summed E-state index contributed by atoms with van der Waals surface area (Å²) in [5.74, 6) is -0.208. The van der Waals surface area contributed by atoms with E-state index in [1.54, 1.807) is 11.8 Å². The van der Waals surface area contributed by atoms with Gasteiger partial charge in [-0.05, 0) is 18.7 Å². The van der Waals surface area contributed by atoms with Gasteiger partial charge in [0, 0.05) is 24.6 Å². The molecule has 0 aliphatic heterocycles. The SMILES string of the molecule is CSC[C@@H](CCO)NC(=O)c1cncc(F)c1. The van der Waals surface area contributed by atoms with Crippen LogP contribution in [0.15, 0.2) is 18.5 Å². The van der Waals surface area contributed by atoms with Crippen molar-refractivity contribution in [3.8, 4) is 0 Å². The highest BCUT2D eigenvalue weighted by molar-refractivity contribution is 7.98. The topological polar surface area (TPSA) is 62.2 Å². The molecule has 1 aromatic rings. The van der Waals surface area contributed by atoms with Crippen LogP contribution in [0.4, 0.5) is 4.39 Å². The maximum absolute atomic E-state index is 12.9. The molecule has 6 heteroatoms. The summed E-state index contributed by atoms with van der Waals surface area (Å²) >= 11 is 1.57. The van der Waals surface area contributed by atoms with Crippen LogP contribution in [0, 0.1) is 5.82 Å². The molecule has 1 aromatic heterocycles. The third-order valence-corrected chi connectivity index (χ3v) is 2.88. The Morgan fingerprint density at radius 1 is 1.65 bits per heavy atom. The van der Waals surface area contributed by atoms with Gasteiger partial charge in [-0.3, -0.25) is 9.78 Å². The van der Waals surface area contributed by atoms with Gasteiger partial charge < -0.3 is 10.4 Å². The Bertz CT molecular complexity index is 370. The van der Waals surface area contributed by atoms with Crippen molar-refractivity contribution in [2.24, 2.45) is 0 Å². The first-order valence-electron chi connectivity index (χ1n) is 5.18. The van der Waals surface area contributed by atoms with E-state index in [4.69, 9.17) is 5.11 Å². The second-order valence-electron chi connectivity index (χ2n) is 3.53. The van der Waals surface area contributed by atoms with Gasteiger partial charge in [0.05, 0.1) is 11.8 Å². The number of hydrogen-bond donors (Lipinski definition) is 2. The van der Waals surface area contributed by atoms with Gasteiger partial charge in [0.2, 0.25) is 0 Å². The summed E-state index contributed by atoms with van der Waals surface area (Å²) in [5.41, 5.74) is 0.189. The highest BCUT2D eigenvalue weighted by Gasteiger charge is 2.13. The fourth-order valence-electron chi connectivity index (χ4n) is 1.36. The van der Waals surface area contributed by atoms with E-state index in [1.165, 1.54) is 6.20 Å². The maximum atomic E-state index is 12.9. The second-order valence-corrected chi connectivity index (χ2v) is 4.44. The average Bonchev–Trinajstić information content (AvgIpc) is 2.29. The summed E-state index contributed by atoms with van der Waals surface area (Å²) in [6, 6.07) is 1.02. The molecular weight excluding hydrogens is 243 g/mol. The number of aromatic nitrogens is 1. The number of halogens is 1. The zero-order valence-corrected chi connectivity index (χ0v) is 10.3. The first kappa shape index (κ1) is 13.9. The van der Waals surface area contributed by atoms with E-state index in [0.717, 1.165) is 12.3 Å². The maximum Gasteiger partial charge on any atom is 0.253 e. The zero-order valence-electron chi connectivity index (χ0n) is 9.52. The minimum atomic E-state index is -0.541. The van der Waals surface area contributed by atoms with Crippen molar-refractivity contribution >= 4 is 17.7 Å². The van der Waals surface area contributed by atoms with Crippen LogP contribution in [-0.4, -0.2) is 40.7 Å². The lowest BCUT2D eigenvalue weighted by Crippen LogP contribution is -2.37. The van der Waals surface area contributed by atoms with Crippen LogP contribution in [0.2, 0.25) is 0 Å². The van der Waals surface area contributed by atoms with Gasteiger partial charge >= 0.3 is 0 Å². The Morgan fingerprint density at radius 3 is 3.00 bits per heavy atom. The molecule has 0 bridgehead atoms. The van der Waals surface area contributed by atoms with E-state index in [9.17, 15) is 9.18 Å². The first-order chi connectivity index (χ1) is 8.17. The average molecular weight is 258 g/mol.